The maximum Gasteiger partial charge on any atom is 0.224 e. The van der Waals surface area contributed by atoms with E-state index in [4.69, 9.17) is 16.3 Å². The number of carbonyl (C=O) groups is 1. The van der Waals surface area contributed by atoms with Gasteiger partial charge in [-0.1, -0.05) is 24.1 Å². The van der Waals surface area contributed by atoms with Crippen molar-refractivity contribution >= 4 is 45.5 Å². The molecule has 3 heterocycles. The minimum atomic E-state index is -0.0172. The lowest BCUT2D eigenvalue weighted by atomic mass is 10.0. The van der Waals surface area contributed by atoms with Crippen LogP contribution in [0.15, 0.2) is 60.9 Å². The summed E-state index contributed by atoms with van der Waals surface area (Å²) in [6, 6.07) is 17.0. The van der Waals surface area contributed by atoms with Gasteiger partial charge < -0.3 is 20.3 Å². The van der Waals surface area contributed by atoms with Crippen molar-refractivity contribution in [1.82, 2.24) is 14.9 Å². The molecule has 9 heteroatoms. The van der Waals surface area contributed by atoms with Crippen LogP contribution in [-0.4, -0.2) is 40.4 Å². The number of aromatic nitrogens is 2. The minimum absolute atomic E-state index is 0.0172. The zero-order valence-corrected chi connectivity index (χ0v) is 23.9. The van der Waals surface area contributed by atoms with Crippen LogP contribution in [0.1, 0.15) is 48.9 Å². The number of nitrogens with one attached hydrogen (secondary N) is 2. The Bertz CT molecular complexity index is 1560. The fraction of sp³-hybridized carbons (Fsp3) is 0.312. The first-order valence-corrected chi connectivity index (χ1v) is 14.3. The lowest BCUT2D eigenvalue weighted by Crippen LogP contribution is -2.31. The van der Waals surface area contributed by atoms with E-state index in [0.717, 1.165) is 42.7 Å². The molecule has 0 unspecified atom stereocenters. The summed E-state index contributed by atoms with van der Waals surface area (Å²) in [7, 11) is 0. The minimum Gasteiger partial charge on any atom is -0.486 e. The van der Waals surface area contributed by atoms with E-state index >= 15 is 0 Å². The molecule has 0 radical (unpaired) electrons. The van der Waals surface area contributed by atoms with Crippen molar-refractivity contribution in [2.24, 2.45) is 0 Å². The molecule has 0 saturated carbocycles. The number of benzene rings is 2. The molecule has 41 heavy (non-hydrogen) atoms. The van der Waals surface area contributed by atoms with Gasteiger partial charge in [0, 0.05) is 35.6 Å². The monoisotopic (exact) mass is 568 g/mol. The molecule has 8 nitrogen and oxygen atoms in total. The van der Waals surface area contributed by atoms with Gasteiger partial charge in [0.05, 0.1) is 27.5 Å². The van der Waals surface area contributed by atoms with E-state index in [9.17, 15) is 10.1 Å². The molecule has 1 aliphatic heterocycles. The molecule has 1 fully saturated rings. The van der Waals surface area contributed by atoms with Crippen molar-refractivity contribution in [3.8, 4) is 11.8 Å². The third-order valence-electron chi connectivity index (χ3n) is 7.24. The number of halogens is 1. The Labute approximate surface area is 245 Å². The number of anilines is 3. The number of ether oxygens (including phenoxy) is 1. The molecule has 0 atom stereocenters. The number of aryl methyl sites for hydroxylation is 1. The highest BCUT2D eigenvalue weighted by Crippen LogP contribution is 2.35. The Morgan fingerprint density at radius 3 is 2.73 bits per heavy atom. The number of rotatable bonds is 10. The average molecular weight is 569 g/mol. The van der Waals surface area contributed by atoms with Crippen molar-refractivity contribution in [3.63, 3.8) is 0 Å². The van der Waals surface area contributed by atoms with Crippen molar-refractivity contribution in [2.45, 2.75) is 45.6 Å². The summed E-state index contributed by atoms with van der Waals surface area (Å²) in [5, 5.41) is 17.4. The maximum atomic E-state index is 12.8. The van der Waals surface area contributed by atoms with Crippen molar-refractivity contribution < 1.29 is 9.53 Å². The predicted molar refractivity (Wildman–Crippen MR) is 163 cm³/mol. The number of pyridine rings is 2. The second-order valence-electron chi connectivity index (χ2n) is 10.3. The van der Waals surface area contributed by atoms with Gasteiger partial charge in [-0.05, 0) is 93.8 Å². The molecule has 1 aliphatic rings. The van der Waals surface area contributed by atoms with Crippen LogP contribution in [0.25, 0.3) is 10.9 Å². The van der Waals surface area contributed by atoms with E-state index in [1.807, 2.05) is 43.3 Å². The highest BCUT2D eigenvalue weighted by Gasteiger charge is 2.15. The second kappa shape index (κ2) is 13.4. The van der Waals surface area contributed by atoms with Crippen molar-refractivity contribution in [1.29, 1.82) is 5.26 Å². The highest BCUT2D eigenvalue weighted by molar-refractivity contribution is 6.32. The summed E-state index contributed by atoms with van der Waals surface area (Å²) >= 11 is 6.53. The zero-order chi connectivity index (χ0) is 28.6. The van der Waals surface area contributed by atoms with Gasteiger partial charge in [0.1, 0.15) is 18.4 Å². The van der Waals surface area contributed by atoms with Crippen LogP contribution >= 0.6 is 11.6 Å². The molecule has 2 aromatic heterocycles. The fourth-order valence-corrected chi connectivity index (χ4v) is 5.27. The molecule has 4 aromatic rings. The zero-order valence-electron chi connectivity index (χ0n) is 23.1. The summed E-state index contributed by atoms with van der Waals surface area (Å²) in [4.78, 5) is 24.0. The third-order valence-corrected chi connectivity index (χ3v) is 7.53. The molecular formula is C32H33ClN6O2. The number of hydrogen-bond acceptors (Lipinski definition) is 7. The van der Waals surface area contributed by atoms with Crippen LogP contribution in [0, 0.1) is 18.3 Å². The molecule has 1 saturated heterocycles. The van der Waals surface area contributed by atoms with Gasteiger partial charge >= 0.3 is 0 Å². The predicted octanol–water partition coefficient (Wildman–Crippen LogP) is 6.99. The summed E-state index contributed by atoms with van der Waals surface area (Å²) in [6.07, 6.45) is 8.34. The smallest absolute Gasteiger partial charge is 0.224 e. The number of carbonyl (C=O) groups excluding carboxylic acids is 1. The summed E-state index contributed by atoms with van der Waals surface area (Å²) in [6.45, 7) is 5.44. The highest BCUT2D eigenvalue weighted by atomic mass is 35.5. The normalized spacial score (nSPS) is 13.5. The summed E-state index contributed by atoms with van der Waals surface area (Å²) < 4.78 is 5.84. The van der Waals surface area contributed by atoms with Crippen LogP contribution in [0.2, 0.25) is 5.02 Å². The molecular weight excluding hydrogens is 536 g/mol. The summed E-state index contributed by atoms with van der Waals surface area (Å²) in [5.74, 6) is 0.514. The first-order chi connectivity index (χ1) is 20.0. The number of nitrogens with zero attached hydrogens (tertiary/aromatic N) is 4. The van der Waals surface area contributed by atoms with E-state index in [1.165, 1.54) is 19.3 Å². The SMILES string of the molecule is Cc1cc2ncc(C#N)c(Nc3ccc(OCc4ccccn4)c(Cl)c3)c2cc1NC(=O)CCCN1CCCCC1. The van der Waals surface area contributed by atoms with Crippen LogP contribution in [-0.2, 0) is 11.4 Å². The van der Waals surface area contributed by atoms with Gasteiger partial charge in [-0.15, -0.1) is 0 Å². The van der Waals surface area contributed by atoms with E-state index in [0.29, 0.717) is 51.9 Å². The molecule has 0 aliphatic carbocycles. The van der Waals surface area contributed by atoms with Crippen LogP contribution < -0.4 is 15.4 Å². The van der Waals surface area contributed by atoms with Gasteiger partial charge in [0.25, 0.3) is 0 Å². The molecule has 1 amide bonds. The van der Waals surface area contributed by atoms with Crippen LogP contribution in [0.5, 0.6) is 5.75 Å². The molecule has 210 valence electrons. The van der Waals surface area contributed by atoms with Gasteiger partial charge in [-0.3, -0.25) is 14.8 Å². The largest absolute Gasteiger partial charge is 0.486 e. The van der Waals surface area contributed by atoms with Gasteiger partial charge in [0.2, 0.25) is 5.91 Å². The number of fused-ring (bicyclic) bond motifs is 1. The standard InChI is InChI=1S/C32H33ClN6O2/c1-22-16-29-26(18-28(22)38-31(40)9-7-15-39-13-5-2-6-14-39)32(23(19-34)20-36-29)37-24-10-11-30(27(33)17-24)41-21-25-8-3-4-12-35-25/h3-4,8,10-12,16-18,20H,2,5-7,9,13-15,21H2,1H3,(H,36,37)(H,38,40). The topological polar surface area (TPSA) is 103 Å². The Kier molecular flexibility index (Phi) is 9.29. The lowest BCUT2D eigenvalue weighted by Gasteiger charge is -2.26. The maximum absolute atomic E-state index is 12.8. The van der Waals surface area contributed by atoms with E-state index < -0.39 is 0 Å². The van der Waals surface area contributed by atoms with Crippen molar-refractivity contribution in [2.75, 3.05) is 30.3 Å². The van der Waals surface area contributed by atoms with Crippen molar-refractivity contribution in [3.05, 3.63) is 82.8 Å². The quantitative estimate of drug-likeness (QED) is 0.212. The third kappa shape index (κ3) is 7.31. The van der Waals surface area contributed by atoms with Gasteiger partial charge in [-0.2, -0.15) is 5.26 Å². The number of nitriles is 1. The molecule has 0 spiro atoms. The number of amides is 1. The Hall–Kier alpha value is -4.19. The number of hydrogen-bond donors (Lipinski definition) is 2. The lowest BCUT2D eigenvalue weighted by molar-refractivity contribution is -0.116. The molecule has 0 bridgehead atoms. The van der Waals surface area contributed by atoms with Crippen LogP contribution in [0.3, 0.4) is 0 Å². The summed E-state index contributed by atoms with van der Waals surface area (Å²) in [5.41, 5.74) is 4.79. The first-order valence-electron chi connectivity index (χ1n) is 13.9. The molecule has 2 N–H and O–H groups in total. The Balaban J connectivity index is 1.31. The van der Waals surface area contributed by atoms with E-state index in [2.05, 4.69) is 31.6 Å². The fourth-order valence-electron chi connectivity index (χ4n) is 5.03. The molecule has 5 rings (SSSR count). The number of likely N-dealkylation sites (tertiary alicyclic amines) is 1. The van der Waals surface area contributed by atoms with Gasteiger partial charge in [-0.25, -0.2) is 0 Å². The van der Waals surface area contributed by atoms with Gasteiger partial charge in [0.15, 0.2) is 0 Å². The van der Waals surface area contributed by atoms with E-state index in [-0.39, 0.29) is 5.91 Å². The van der Waals surface area contributed by atoms with E-state index in [1.54, 1.807) is 24.5 Å². The average Bonchev–Trinajstić information content (AvgIpc) is 2.98. The second-order valence-corrected chi connectivity index (χ2v) is 10.7. The number of piperidine rings is 1. The van der Waals surface area contributed by atoms with Crippen LogP contribution in [0.4, 0.5) is 17.1 Å². The Morgan fingerprint density at radius 2 is 1.98 bits per heavy atom. The first kappa shape index (κ1) is 28.3. The molecule has 2 aromatic carbocycles. The Morgan fingerprint density at radius 1 is 1.12 bits per heavy atom.